The van der Waals surface area contributed by atoms with Crippen molar-refractivity contribution < 1.29 is 23.1 Å². The van der Waals surface area contributed by atoms with Crippen molar-refractivity contribution in [3.63, 3.8) is 0 Å². The van der Waals surface area contributed by atoms with E-state index in [0.717, 1.165) is 18.9 Å². The Morgan fingerprint density at radius 2 is 2.10 bits per heavy atom. The lowest BCUT2D eigenvalue weighted by atomic mass is 10.2. The number of ether oxygens (including phenoxy) is 1. The standard InChI is InChI=1S/C13H18ClNO5S/c1-2-3-7-20-8-6-15-21(18,19)12-9-10(13(16)17)4-5-11(12)14/h4-5,9,15H,2-3,6-8H2,1H3,(H,16,17). The van der Waals surface area contributed by atoms with Gasteiger partial charge in [-0.25, -0.2) is 17.9 Å². The molecule has 8 heteroatoms. The monoisotopic (exact) mass is 335 g/mol. The smallest absolute Gasteiger partial charge is 0.335 e. The van der Waals surface area contributed by atoms with E-state index in [4.69, 9.17) is 21.4 Å². The fourth-order valence-electron chi connectivity index (χ4n) is 1.52. The van der Waals surface area contributed by atoms with Crippen LogP contribution in [0.5, 0.6) is 0 Å². The van der Waals surface area contributed by atoms with Gasteiger partial charge in [0.2, 0.25) is 10.0 Å². The van der Waals surface area contributed by atoms with Gasteiger partial charge in [-0.15, -0.1) is 0 Å². The van der Waals surface area contributed by atoms with Crippen molar-refractivity contribution in [2.24, 2.45) is 0 Å². The number of benzene rings is 1. The zero-order valence-corrected chi connectivity index (χ0v) is 13.2. The molecule has 0 spiro atoms. The summed E-state index contributed by atoms with van der Waals surface area (Å²) in [6, 6.07) is 3.53. The highest BCUT2D eigenvalue weighted by molar-refractivity contribution is 7.89. The Balaban J connectivity index is 2.70. The van der Waals surface area contributed by atoms with E-state index in [1.54, 1.807) is 0 Å². The number of halogens is 1. The maximum atomic E-state index is 12.1. The van der Waals surface area contributed by atoms with Crippen LogP contribution in [0, 0.1) is 0 Å². The average Bonchev–Trinajstić information content (AvgIpc) is 2.42. The van der Waals surface area contributed by atoms with E-state index in [-0.39, 0.29) is 28.6 Å². The molecule has 6 nitrogen and oxygen atoms in total. The summed E-state index contributed by atoms with van der Waals surface area (Å²) >= 11 is 5.82. The highest BCUT2D eigenvalue weighted by Gasteiger charge is 2.19. The van der Waals surface area contributed by atoms with Gasteiger partial charge in [-0.05, 0) is 24.6 Å². The number of hydrogen-bond donors (Lipinski definition) is 2. The van der Waals surface area contributed by atoms with Crippen LogP contribution in [0.15, 0.2) is 23.1 Å². The predicted molar refractivity (Wildman–Crippen MR) is 79.3 cm³/mol. The number of carbonyl (C=O) groups is 1. The van der Waals surface area contributed by atoms with Crippen molar-refractivity contribution in [1.82, 2.24) is 4.72 Å². The number of hydrogen-bond acceptors (Lipinski definition) is 4. The van der Waals surface area contributed by atoms with Crippen molar-refractivity contribution in [2.45, 2.75) is 24.7 Å². The average molecular weight is 336 g/mol. The third kappa shape index (κ3) is 5.62. The maximum Gasteiger partial charge on any atom is 0.335 e. The number of nitrogens with one attached hydrogen (secondary N) is 1. The van der Waals surface area contributed by atoms with E-state index in [2.05, 4.69) is 4.72 Å². The molecule has 0 atom stereocenters. The minimum atomic E-state index is -3.86. The number of aromatic carboxylic acids is 1. The highest BCUT2D eigenvalue weighted by Crippen LogP contribution is 2.22. The van der Waals surface area contributed by atoms with E-state index < -0.39 is 16.0 Å². The second-order valence-corrected chi connectivity index (χ2v) is 6.46. The predicted octanol–water partition coefficient (Wildman–Crippen LogP) is 2.13. The summed E-state index contributed by atoms with van der Waals surface area (Å²) in [6.07, 6.45) is 1.92. The Kier molecular flexibility index (Phi) is 7.10. The van der Waals surface area contributed by atoms with Gasteiger partial charge < -0.3 is 9.84 Å². The zero-order valence-electron chi connectivity index (χ0n) is 11.6. The maximum absolute atomic E-state index is 12.1. The van der Waals surface area contributed by atoms with Crippen LogP contribution in [0.4, 0.5) is 0 Å². The molecule has 21 heavy (non-hydrogen) atoms. The van der Waals surface area contributed by atoms with E-state index >= 15 is 0 Å². The van der Waals surface area contributed by atoms with Crippen molar-refractivity contribution >= 4 is 27.6 Å². The van der Waals surface area contributed by atoms with Gasteiger partial charge in [0.1, 0.15) is 4.90 Å². The van der Waals surface area contributed by atoms with Gasteiger partial charge in [0, 0.05) is 13.2 Å². The van der Waals surface area contributed by atoms with E-state index in [1.807, 2.05) is 6.92 Å². The van der Waals surface area contributed by atoms with Crippen LogP contribution in [0.1, 0.15) is 30.1 Å². The van der Waals surface area contributed by atoms with E-state index in [0.29, 0.717) is 6.61 Å². The molecule has 118 valence electrons. The van der Waals surface area contributed by atoms with Gasteiger partial charge in [-0.3, -0.25) is 0 Å². The second-order valence-electron chi connectivity index (χ2n) is 4.31. The zero-order chi connectivity index (χ0) is 15.9. The Morgan fingerprint density at radius 1 is 1.38 bits per heavy atom. The summed E-state index contributed by atoms with van der Waals surface area (Å²) in [6.45, 7) is 2.95. The van der Waals surface area contributed by atoms with Crippen molar-refractivity contribution in [3.05, 3.63) is 28.8 Å². The van der Waals surface area contributed by atoms with Crippen LogP contribution in [0.3, 0.4) is 0 Å². The number of sulfonamides is 1. The summed E-state index contributed by atoms with van der Waals surface area (Å²) < 4.78 is 31.7. The molecule has 0 aliphatic rings. The van der Waals surface area contributed by atoms with Crippen molar-refractivity contribution in [2.75, 3.05) is 19.8 Å². The molecule has 1 aromatic rings. The van der Waals surface area contributed by atoms with Gasteiger partial charge in [0.15, 0.2) is 0 Å². The van der Waals surface area contributed by atoms with E-state index in [9.17, 15) is 13.2 Å². The molecule has 0 radical (unpaired) electrons. The lowest BCUT2D eigenvalue weighted by molar-refractivity contribution is 0.0696. The SMILES string of the molecule is CCCCOCCNS(=O)(=O)c1cc(C(=O)O)ccc1Cl. The van der Waals surface area contributed by atoms with Gasteiger partial charge in [-0.1, -0.05) is 24.9 Å². The Hall–Kier alpha value is -1.15. The summed E-state index contributed by atoms with van der Waals surface area (Å²) in [7, 11) is -3.86. The first-order valence-electron chi connectivity index (χ1n) is 6.48. The number of unbranched alkanes of at least 4 members (excludes halogenated alkanes) is 1. The molecular weight excluding hydrogens is 318 g/mol. The fourth-order valence-corrected chi connectivity index (χ4v) is 3.05. The van der Waals surface area contributed by atoms with E-state index in [1.165, 1.54) is 12.1 Å². The first kappa shape index (κ1) is 17.9. The fraction of sp³-hybridized carbons (Fsp3) is 0.462. The van der Waals surface area contributed by atoms with Crippen LogP contribution in [0.25, 0.3) is 0 Å². The minimum absolute atomic E-state index is 0.0283. The van der Waals surface area contributed by atoms with Gasteiger partial charge in [-0.2, -0.15) is 0 Å². The molecule has 0 fully saturated rings. The lowest BCUT2D eigenvalue weighted by Crippen LogP contribution is -2.28. The van der Waals surface area contributed by atoms with Gasteiger partial charge >= 0.3 is 5.97 Å². The summed E-state index contributed by atoms with van der Waals surface area (Å²) in [5.74, 6) is -1.22. The molecule has 0 aliphatic carbocycles. The molecular formula is C13H18ClNO5S. The number of carboxylic acid groups (broad SMARTS) is 1. The third-order valence-corrected chi connectivity index (χ3v) is 4.59. The van der Waals surface area contributed by atoms with Crippen LogP contribution >= 0.6 is 11.6 Å². The molecule has 0 saturated carbocycles. The summed E-state index contributed by atoms with van der Waals surface area (Å²) in [5, 5.41) is 8.86. The van der Waals surface area contributed by atoms with Crippen molar-refractivity contribution in [1.29, 1.82) is 0 Å². The lowest BCUT2D eigenvalue weighted by Gasteiger charge is -2.09. The molecule has 0 aromatic heterocycles. The van der Waals surface area contributed by atoms with Gasteiger partial charge in [0.25, 0.3) is 0 Å². The quantitative estimate of drug-likeness (QED) is 0.674. The summed E-state index contributed by atoms with van der Waals surface area (Å²) in [5.41, 5.74) is -0.140. The topological polar surface area (TPSA) is 92.7 Å². The largest absolute Gasteiger partial charge is 0.478 e. The molecule has 1 rings (SSSR count). The van der Waals surface area contributed by atoms with Crippen LogP contribution in [0.2, 0.25) is 5.02 Å². The second kappa shape index (κ2) is 8.33. The molecule has 0 amide bonds. The van der Waals surface area contributed by atoms with Gasteiger partial charge in [0.05, 0.1) is 17.2 Å². The molecule has 0 bridgehead atoms. The molecule has 0 heterocycles. The molecule has 1 aromatic carbocycles. The normalized spacial score (nSPS) is 11.5. The molecule has 0 saturated heterocycles. The Labute approximate surface area is 129 Å². The first-order chi connectivity index (χ1) is 9.88. The summed E-state index contributed by atoms with van der Waals surface area (Å²) in [4.78, 5) is 10.6. The molecule has 0 aliphatic heterocycles. The Bertz CT molecular complexity index is 588. The Morgan fingerprint density at radius 3 is 2.71 bits per heavy atom. The first-order valence-corrected chi connectivity index (χ1v) is 8.35. The number of carboxylic acids is 1. The van der Waals surface area contributed by atoms with Crippen LogP contribution in [-0.2, 0) is 14.8 Å². The third-order valence-electron chi connectivity index (χ3n) is 2.65. The molecule has 2 N–H and O–H groups in total. The number of rotatable bonds is 9. The highest BCUT2D eigenvalue weighted by atomic mass is 35.5. The van der Waals surface area contributed by atoms with Crippen molar-refractivity contribution in [3.8, 4) is 0 Å². The minimum Gasteiger partial charge on any atom is -0.478 e. The van der Waals surface area contributed by atoms with Crippen LogP contribution < -0.4 is 4.72 Å². The molecule has 0 unspecified atom stereocenters. The van der Waals surface area contributed by atoms with Crippen LogP contribution in [-0.4, -0.2) is 39.3 Å².